The summed E-state index contributed by atoms with van der Waals surface area (Å²) in [6, 6.07) is 11.3. The van der Waals surface area contributed by atoms with Crippen LogP contribution in [-0.4, -0.2) is 71.6 Å². The molecule has 0 aliphatic carbocycles. The van der Waals surface area contributed by atoms with E-state index >= 15 is 0 Å². The number of benzene rings is 2. The van der Waals surface area contributed by atoms with Gasteiger partial charge in [-0.3, -0.25) is 14.4 Å². The molecule has 3 rings (SSSR count). The third kappa shape index (κ3) is 11.8. The number of amides is 4. The molecule has 2 atom stereocenters. The van der Waals surface area contributed by atoms with Crippen LogP contribution in [0.25, 0.3) is 0 Å². The van der Waals surface area contributed by atoms with E-state index < -0.39 is 36.0 Å². The van der Waals surface area contributed by atoms with Crippen molar-refractivity contribution in [1.82, 2.24) is 15.5 Å². The van der Waals surface area contributed by atoms with E-state index in [1.807, 2.05) is 32.9 Å². The number of carbonyl (C=O) groups is 5. The number of aryl methyl sites for hydroxylation is 1. The van der Waals surface area contributed by atoms with E-state index in [0.29, 0.717) is 43.7 Å². The number of hydrogen-bond acceptors (Lipinski definition) is 7. The number of aliphatic carboxylic acids is 1. The number of rotatable bonds is 13. The molecular weight excluding hydrogens is 595 g/mol. The van der Waals surface area contributed by atoms with Gasteiger partial charge in [-0.2, -0.15) is 0 Å². The van der Waals surface area contributed by atoms with Gasteiger partial charge in [-0.15, -0.1) is 0 Å². The molecule has 0 aromatic heterocycles. The summed E-state index contributed by atoms with van der Waals surface area (Å²) in [5.74, 6) is -2.10. The van der Waals surface area contributed by atoms with Gasteiger partial charge in [-0.1, -0.05) is 44.2 Å². The summed E-state index contributed by atoms with van der Waals surface area (Å²) >= 11 is 0. The fraction of sp³-hybridized carbons (Fsp3) is 0.452. The first-order valence-corrected chi connectivity index (χ1v) is 14.3. The van der Waals surface area contributed by atoms with Crippen molar-refractivity contribution in [2.75, 3.05) is 19.7 Å². The first-order chi connectivity index (χ1) is 20.4. The largest absolute Gasteiger partial charge is 1.00 e. The Balaban J connectivity index is 0.00000506. The fourth-order valence-electron chi connectivity index (χ4n) is 4.71. The van der Waals surface area contributed by atoms with Gasteiger partial charge in [0.1, 0.15) is 23.6 Å². The predicted octanol–water partition coefficient (Wildman–Crippen LogP) is -0.471. The Labute approximate surface area is 301 Å². The van der Waals surface area contributed by atoms with Crippen LogP contribution >= 0.6 is 0 Å². The minimum atomic E-state index is -1.26. The van der Waals surface area contributed by atoms with Crippen LogP contribution in [-0.2, 0) is 25.6 Å². The maximum Gasteiger partial charge on any atom is 1.00 e. The summed E-state index contributed by atoms with van der Waals surface area (Å²) in [5, 5.41) is 15.0. The van der Waals surface area contributed by atoms with Crippen molar-refractivity contribution in [1.29, 1.82) is 0 Å². The second kappa shape index (κ2) is 18.1. The normalized spacial score (nSPS) is 14.5. The Morgan fingerprint density at radius 1 is 1.00 bits per heavy atom. The van der Waals surface area contributed by atoms with Gasteiger partial charge in [-0.05, 0) is 61.4 Å². The van der Waals surface area contributed by atoms with E-state index in [2.05, 4.69) is 10.6 Å². The molecule has 0 spiro atoms. The van der Waals surface area contributed by atoms with Gasteiger partial charge in [-0.25, -0.2) is 9.59 Å². The van der Waals surface area contributed by atoms with E-state index in [-0.39, 0.29) is 89.3 Å². The SMILES string of the molecule is Cc1ccccc1OCC(=O)N[C@@H](CC(C)C)C(=O)N[C@@H](Cc1ccc(OC(=O)N2CCC(C(N)=O)CC2)cc1)C(=O)O.[H-].[K+]. The van der Waals surface area contributed by atoms with Gasteiger partial charge in [0.2, 0.25) is 11.8 Å². The Morgan fingerprint density at radius 3 is 2.20 bits per heavy atom. The Kier molecular flexibility index (Phi) is 15.3. The molecule has 0 radical (unpaired) electrons. The quantitative estimate of drug-likeness (QED) is 0.213. The maximum absolute atomic E-state index is 13.1. The number of nitrogens with one attached hydrogen (secondary N) is 2. The van der Waals surface area contributed by atoms with Gasteiger partial charge in [0.05, 0.1) is 0 Å². The van der Waals surface area contributed by atoms with Crippen LogP contribution in [0.15, 0.2) is 48.5 Å². The van der Waals surface area contributed by atoms with Gasteiger partial charge in [0.25, 0.3) is 5.91 Å². The molecule has 0 saturated carbocycles. The van der Waals surface area contributed by atoms with Gasteiger partial charge < -0.3 is 37.3 Å². The minimum absolute atomic E-state index is 0. The molecular formula is C31H41KN4O8. The van der Waals surface area contributed by atoms with Crippen molar-refractivity contribution in [3.63, 3.8) is 0 Å². The molecule has 44 heavy (non-hydrogen) atoms. The first-order valence-electron chi connectivity index (χ1n) is 14.3. The number of hydrogen-bond donors (Lipinski definition) is 4. The van der Waals surface area contributed by atoms with Crippen molar-refractivity contribution >= 4 is 29.8 Å². The Hall–Kier alpha value is -2.97. The van der Waals surface area contributed by atoms with E-state index in [4.69, 9.17) is 15.2 Å². The van der Waals surface area contributed by atoms with Crippen LogP contribution in [0.5, 0.6) is 11.5 Å². The number of piperidine rings is 1. The number of carboxylic acids is 1. The van der Waals surface area contributed by atoms with Crippen LogP contribution < -0.4 is 77.2 Å². The summed E-state index contributed by atoms with van der Waals surface area (Å²) < 4.78 is 11.0. The zero-order chi connectivity index (χ0) is 31.5. The first kappa shape index (κ1) is 37.2. The number of para-hydroxylation sites is 1. The average molecular weight is 637 g/mol. The fourth-order valence-corrected chi connectivity index (χ4v) is 4.71. The molecule has 0 bridgehead atoms. The maximum atomic E-state index is 13.1. The molecule has 1 aliphatic heterocycles. The molecule has 1 aliphatic rings. The third-order valence-corrected chi connectivity index (χ3v) is 7.15. The second-order valence-electron chi connectivity index (χ2n) is 11.1. The number of carbonyl (C=O) groups excluding carboxylic acids is 4. The van der Waals surface area contributed by atoms with E-state index in [1.54, 1.807) is 36.4 Å². The zero-order valence-corrected chi connectivity index (χ0v) is 28.8. The zero-order valence-electron chi connectivity index (χ0n) is 26.7. The summed E-state index contributed by atoms with van der Waals surface area (Å²) in [6.45, 7) is 6.07. The summed E-state index contributed by atoms with van der Waals surface area (Å²) in [7, 11) is 0. The van der Waals surface area contributed by atoms with Crippen LogP contribution in [0, 0.1) is 18.8 Å². The molecule has 2 aromatic carbocycles. The molecule has 234 valence electrons. The summed E-state index contributed by atoms with van der Waals surface area (Å²) in [4.78, 5) is 63.1. The Morgan fingerprint density at radius 2 is 1.64 bits per heavy atom. The van der Waals surface area contributed by atoms with Crippen molar-refractivity contribution in [2.24, 2.45) is 17.6 Å². The molecule has 1 saturated heterocycles. The van der Waals surface area contributed by atoms with Crippen LogP contribution in [0.4, 0.5) is 4.79 Å². The monoisotopic (exact) mass is 636 g/mol. The van der Waals surface area contributed by atoms with Crippen molar-refractivity contribution in [3.8, 4) is 11.5 Å². The number of ether oxygens (including phenoxy) is 2. The smallest absolute Gasteiger partial charge is 1.00 e. The molecule has 12 nitrogen and oxygen atoms in total. The number of nitrogens with two attached hydrogens (primary N) is 1. The molecule has 2 aromatic rings. The molecule has 13 heteroatoms. The second-order valence-corrected chi connectivity index (χ2v) is 11.1. The molecule has 1 heterocycles. The molecule has 4 amide bonds. The standard InChI is InChI=1S/C31H40N4O8.K.H/c1-19(2)16-24(33-27(36)18-42-26-7-5-4-6-20(26)3)29(38)34-25(30(39)40)17-21-8-10-23(11-9-21)43-31(41)35-14-12-22(13-15-35)28(32)37;;/h4-11,19,22,24-25H,12-18H2,1-3H3,(H2,32,37)(H,33,36)(H,34,38)(H,39,40);;/q;+1;-1/t24-,25-;;/m0../s1. The predicted molar refractivity (Wildman–Crippen MR) is 158 cm³/mol. The summed E-state index contributed by atoms with van der Waals surface area (Å²) in [6.07, 6.45) is 0.681. The number of carboxylic acid groups (broad SMARTS) is 1. The average Bonchev–Trinajstić information content (AvgIpc) is 2.96. The molecule has 5 N–H and O–H groups in total. The van der Waals surface area contributed by atoms with Gasteiger partial charge in [0, 0.05) is 25.4 Å². The Bertz CT molecular complexity index is 1300. The number of likely N-dealkylation sites (tertiary alicyclic amines) is 1. The van der Waals surface area contributed by atoms with Crippen molar-refractivity contribution in [3.05, 3.63) is 59.7 Å². The number of nitrogens with zero attached hydrogens (tertiary/aromatic N) is 1. The summed E-state index contributed by atoms with van der Waals surface area (Å²) in [5.41, 5.74) is 6.79. The van der Waals surface area contributed by atoms with E-state index in [9.17, 15) is 29.1 Å². The van der Waals surface area contributed by atoms with Crippen molar-refractivity contribution < 1.29 is 91.4 Å². The minimum Gasteiger partial charge on any atom is -1.00 e. The molecule has 0 unspecified atom stereocenters. The van der Waals surface area contributed by atoms with Gasteiger partial charge in [0.15, 0.2) is 6.61 Å². The number of primary amides is 1. The van der Waals surface area contributed by atoms with Crippen LogP contribution in [0.2, 0.25) is 0 Å². The third-order valence-electron chi connectivity index (χ3n) is 7.15. The van der Waals surface area contributed by atoms with Crippen molar-refractivity contribution in [2.45, 2.75) is 58.5 Å². The molecule has 1 fully saturated rings. The van der Waals surface area contributed by atoms with Gasteiger partial charge >= 0.3 is 63.4 Å². The van der Waals surface area contributed by atoms with E-state index in [1.165, 1.54) is 4.90 Å². The topological polar surface area (TPSA) is 177 Å². The van der Waals surface area contributed by atoms with E-state index in [0.717, 1.165) is 5.56 Å². The van der Waals surface area contributed by atoms with Crippen LogP contribution in [0.1, 0.15) is 45.7 Å². The van der Waals surface area contributed by atoms with Crippen LogP contribution in [0.3, 0.4) is 0 Å².